The van der Waals surface area contributed by atoms with Crippen LogP contribution in [0.2, 0.25) is 5.02 Å². The van der Waals surface area contributed by atoms with Gasteiger partial charge in [-0.25, -0.2) is 8.42 Å². The smallest absolute Gasteiger partial charge is 0.212 e. The number of benzene rings is 1. The SMILES string of the molecule is O=S1(=O)[C@H]2C=CCC[C@@H]2CCN1Cc1ccc(Cl)cc1. The second kappa shape index (κ2) is 5.51. The van der Waals surface area contributed by atoms with Gasteiger partial charge in [0, 0.05) is 18.1 Å². The summed E-state index contributed by atoms with van der Waals surface area (Å²) in [7, 11) is -3.22. The second-order valence-corrected chi connectivity index (χ2v) is 8.05. The molecule has 20 heavy (non-hydrogen) atoms. The van der Waals surface area contributed by atoms with E-state index in [1.165, 1.54) is 0 Å². The van der Waals surface area contributed by atoms with Gasteiger partial charge in [0.2, 0.25) is 10.0 Å². The highest BCUT2D eigenvalue weighted by Crippen LogP contribution is 2.34. The van der Waals surface area contributed by atoms with Crippen LogP contribution in [0.1, 0.15) is 24.8 Å². The Balaban J connectivity index is 1.82. The van der Waals surface area contributed by atoms with Gasteiger partial charge >= 0.3 is 0 Å². The highest BCUT2D eigenvalue weighted by atomic mass is 35.5. The lowest BCUT2D eigenvalue weighted by Gasteiger charge is -2.38. The van der Waals surface area contributed by atoms with Gasteiger partial charge in [0.1, 0.15) is 0 Å². The molecule has 1 heterocycles. The summed E-state index contributed by atoms with van der Waals surface area (Å²) in [6, 6.07) is 7.38. The fourth-order valence-electron chi connectivity index (χ4n) is 3.08. The van der Waals surface area contributed by atoms with Gasteiger partial charge in [-0.1, -0.05) is 35.9 Å². The Labute approximate surface area is 125 Å². The van der Waals surface area contributed by atoms with Crippen molar-refractivity contribution in [3.63, 3.8) is 0 Å². The summed E-state index contributed by atoms with van der Waals surface area (Å²) in [5, 5.41) is 0.350. The number of allylic oxidation sites excluding steroid dienone is 1. The van der Waals surface area contributed by atoms with E-state index >= 15 is 0 Å². The Bertz CT molecular complexity index is 609. The van der Waals surface area contributed by atoms with E-state index in [0.717, 1.165) is 24.8 Å². The maximum absolute atomic E-state index is 12.7. The van der Waals surface area contributed by atoms with E-state index in [1.54, 1.807) is 16.4 Å². The summed E-state index contributed by atoms with van der Waals surface area (Å²) in [4.78, 5) is 0. The summed E-state index contributed by atoms with van der Waals surface area (Å²) >= 11 is 5.86. The van der Waals surface area contributed by atoms with Gasteiger partial charge in [0.25, 0.3) is 0 Å². The van der Waals surface area contributed by atoms with Crippen LogP contribution in [0.25, 0.3) is 0 Å². The molecule has 0 aromatic heterocycles. The lowest BCUT2D eigenvalue weighted by Crippen LogP contribution is -2.47. The van der Waals surface area contributed by atoms with E-state index in [2.05, 4.69) is 0 Å². The van der Waals surface area contributed by atoms with Crippen LogP contribution < -0.4 is 0 Å². The van der Waals surface area contributed by atoms with E-state index in [-0.39, 0.29) is 5.25 Å². The number of hydrogen-bond donors (Lipinski definition) is 0. The fraction of sp³-hybridized carbons (Fsp3) is 0.467. The van der Waals surface area contributed by atoms with Gasteiger partial charge in [-0.15, -0.1) is 0 Å². The largest absolute Gasteiger partial charge is 0.221 e. The first-order valence-corrected chi connectivity index (χ1v) is 8.85. The van der Waals surface area contributed by atoms with Crippen LogP contribution in [0.5, 0.6) is 0 Å². The van der Waals surface area contributed by atoms with Crippen molar-refractivity contribution in [1.29, 1.82) is 0 Å². The standard InChI is InChI=1S/C15H18ClNO2S/c16-14-7-5-12(6-8-14)11-17-10-9-13-3-1-2-4-15(13)20(17,18)19/h2,4-8,13,15H,1,3,9-11H2/t13-,15+/m1/s1. The lowest BCUT2D eigenvalue weighted by atomic mass is 9.91. The highest BCUT2D eigenvalue weighted by molar-refractivity contribution is 7.89. The number of sulfonamides is 1. The van der Waals surface area contributed by atoms with Gasteiger partial charge in [0.15, 0.2) is 0 Å². The predicted molar refractivity (Wildman–Crippen MR) is 81.1 cm³/mol. The molecule has 0 saturated carbocycles. The normalized spacial score (nSPS) is 29.1. The molecule has 2 aliphatic rings. The van der Waals surface area contributed by atoms with Crippen LogP contribution in [0.4, 0.5) is 0 Å². The van der Waals surface area contributed by atoms with Crippen LogP contribution in [0.15, 0.2) is 36.4 Å². The second-order valence-electron chi connectivity index (χ2n) is 5.52. The van der Waals surface area contributed by atoms with Crippen molar-refractivity contribution in [2.24, 2.45) is 5.92 Å². The molecule has 108 valence electrons. The number of rotatable bonds is 2. The summed E-state index contributed by atoms with van der Waals surface area (Å²) in [5.41, 5.74) is 0.983. The molecule has 1 aromatic carbocycles. The minimum absolute atomic E-state index is 0.298. The van der Waals surface area contributed by atoms with Gasteiger partial charge in [-0.3, -0.25) is 0 Å². The molecular weight excluding hydrogens is 294 g/mol. The Morgan fingerprint density at radius 2 is 1.95 bits per heavy atom. The van der Waals surface area contributed by atoms with Crippen molar-refractivity contribution in [3.8, 4) is 0 Å². The molecule has 5 heteroatoms. The zero-order chi connectivity index (χ0) is 14.2. The Hall–Kier alpha value is -0.840. The summed E-state index contributed by atoms with van der Waals surface area (Å²) in [6.45, 7) is 1.07. The molecule has 0 unspecified atom stereocenters. The molecule has 1 aromatic rings. The summed E-state index contributed by atoms with van der Waals surface area (Å²) < 4.78 is 27.0. The van der Waals surface area contributed by atoms with Crippen molar-refractivity contribution in [2.45, 2.75) is 31.1 Å². The molecule has 1 aliphatic heterocycles. The van der Waals surface area contributed by atoms with Gasteiger partial charge in [-0.05, 0) is 42.9 Å². The molecule has 1 aliphatic carbocycles. The predicted octanol–water partition coefficient (Wildman–Crippen LogP) is 3.21. The van der Waals surface area contributed by atoms with Gasteiger partial charge < -0.3 is 0 Å². The third kappa shape index (κ3) is 2.65. The Kier molecular flexibility index (Phi) is 3.89. The quantitative estimate of drug-likeness (QED) is 0.787. The van der Waals surface area contributed by atoms with E-state index in [4.69, 9.17) is 11.6 Å². The molecule has 0 N–H and O–H groups in total. The van der Waals surface area contributed by atoms with Crippen LogP contribution in [0.3, 0.4) is 0 Å². The first-order chi connectivity index (χ1) is 9.57. The molecule has 0 bridgehead atoms. The minimum atomic E-state index is -3.22. The number of nitrogens with zero attached hydrogens (tertiary/aromatic N) is 1. The monoisotopic (exact) mass is 311 g/mol. The Morgan fingerprint density at radius 3 is 2.70 bits per heavy atom. The molecule has 0 amide bonds. The summed E-state index contributed by atoms with van der Waals surface area (Å²) in [5.74, 6) is 0.298. The first kappa shape index (κ1) is 14.1. The topological polar surface area (TPSA) is 37.4 Å². The Morgan fingerprint density at radius 1 is 1.20 bits per heavy atom. The maximum atomic E-state index is 12.7. The molecule has 2 atom stereocenters. The number of fused-ring (bicyclic) bond motifs is 1. The van der Waals surface area contributed by atoms with Crippen molar-refractivity contribution in [3.05, 3.63) is 47.0 Å². The third-order valence-electron chi connectivity index (χ3n) is 4.22. The molecule has 3 nitrogen and oxygen atoms in total. The zero-order valence-electron chi connectivity index (χ0n) is 11.2. The lowest BCUT2D eigenvalue weighted by molar-refractivity contribution is 0.302. The average Bonchev–Trinajstić information content (AvgIpc) is 2.44. The van der Waals surface area contributed by atoms with E-state index in [1.807, 2.05) is 24.3 Å². The molecule has 1 saturated heterocycles. The minimum Gasteiger partial charge on any atom is -0.212 e. The number of hydrogen-bond acceptors (Lipinski definition) is 2. The molecule has 0 spiro atoms. The third-order valence-corrected chi connectivity index (χ3v) is 6.73. The van der Waals surface area contributed by atoms with Gasteiger partial charge in [0.05, 0.1) is 5.25 Å². The summed E-state index contributed by atoms with van der Waals surface area (Å²) in [6.07, 6.45) is 6.85. The van der Waals surface area contributed by atoms with Crippen molar-refractivity contribution in [2.75, 3.05) is 6.54 Å². The van der Waals surface area contributed by atoms with Crippen molar-refractivity contribution < 1.29 is 8.42 Å². The molecule has 3 rings (SSSR count). The zero-order valence-corrected chi connectivity index (χ0v) is 12.8. The fourth-order valence-corrected chi connectivity index (χ4v) is 5.31. The van der Waals surface area contributed by atoms with E-state index in [0.29, 0.717) is 24.0 Å². The van der Waals surface area contributed by atoms with Crippen molar-refractivity contribution >= 4 is 21.6 Å². The van der Waals surface area contributed by atoms with E-state index < -0.39 is 10.0 Å². The highest BCUT2D eigenvalue weighted by Gasteiger charge is 2.41. The average molecular weight is 312 g/mol. The number of halogens is 1. The van der Waals surface area contributed by atoms with Gasteiger partial charge in [-0.2, -0.15) is 4.31 Å². The van der Waals surface area contributed by atoms with E-state index in [9.17, 15) is 8.42 Å². The van der Waals surface area contributed by atoms with Crippen LogP contribution in [-0.2, 0) is 16.6 Å². The van der Waals surface area contributed by atoms with Crippen LogP contribution in [0, 0.1) is 5.92 Å². The maximum Gasteiger partial charge on any atom is 0.221 e. The first-order valence-electron chi connectivity index (χ1n) is 6.97. The van der Waals surface area contributed by atoms with Crippen LogP contribution in [-0.4, -0.2) is 24.5 Å². The molecular formula is C15H18ClNO2S. The molecule has 0 radical (unpaired) electrons. The molecule has 1 fully saturated rings. The van der Waals surface area contributed by atoms with Crippen molar-refractivity contribution in [1.82, 2.24) is 4.31 Å². The van der Waals surface area contributed by atoms with Crippen LogP contribution >= 0.6 is 11.6 Å².